The van der Waals surface area contributed by atoms with Crippen molar-refractivity contribution >= 4 is 23.0 Å². The Morgan fingerprint density at radius 2 is 1.91 bits per heavy atom. The second kappa shape index (κ2) is 6.57. The number of carboxylic acid groups (broad SMARTS) is 1. The molecule has 0 saturated heterocycles. The van der Waals surface area contributed by atoms with Gasteiger partial charge in [0.2, 0.25) is 0 Å². The monoisotopic (exact) mass is 301 g/mol. The molecule has 0 aliphatic heterocycles. The number of carbonyl (C=O) groups is 1. The molecule has 114 valence electrons. The number of nitro groups is 1. The van der Waals surface area contributed by atoms with E-state index in [0.29, 0.717) is 24.3 Å². The van der Waals surface area contributed by atoms with Crippen LogP contribution in [0.2, 0.25) is 0 Å². The highest BCUT2D eigenvalue weighted by atomic mass is 16.6. The molecule has 7 nitrogen and oxygen atoms in total. The first-order chi connectivity index (χ1) is 10.5. The van der Waals surface area contributed by atoms with Gasteiger partial charge in [-0.3, -0.25) is 10.1 Å². The van der Waals surface area contributed by atoms with Crippen molar-refractivity contribution in [2.75, 3.05) is 17.6 Å². The van der Waals surface area contributed by atoms with Gasteiger partial charge in [-0.1, -0.05) is 12.1 Å². The van der Waals surface area contributed by atoms with E-state index in [1.807, 2.05) is 0 Å². The zero-order chi connectivity index (χ0) is 16.1. The van der Waals surface area contributed by atoms with Gasteiger partial charge in [0.1, 0.15) is 0 Å². The first-order valence-electron chi connectivity index (χ1n) is 6.57. The van der Waals surface area contributed by atoms with Crippen molar-refractivity contribution in [3.8, 4) is 0 Å². The smallest absolute Gasteiger partial charge is 0.335 e. The van der Waals surface area contributed by atoms with Crippen molar-refractivity contribution in [1.82, 2.24) is 0 Å². The molecule has 0 saturated carbocycles. The number of nitrogens with two attached hydrogens (primary N) is 1. The molecule has 22 heavy (non-hydrogen) atoms. The molecule has 2 aromatic rings. The lowest BCUT2D eigenvalue weighted by atomic mass is 10.1. The summed E-state index contributed by atoms with van der Waals surface area (Å²) < 4.78 is 0. The molecule has 2 rings (SSSR count). The van der Waals surface area contributed by atoms with E-state index in [1.54, 1.807) is 30.3 Å². The third-order valence-corrected chi connectivity index (χ3v) is 3.18. The molecule has 0 spiro atoms. The van der Waals surface area contributed by atoms with E-state index in [-0.39, 0.29) is 11.3 Å². The lowest BCUT2D eigenvalue weighted by molar-refractivity contribution is -0.384. The van der Waals surface area contributed by atoms with Crippen LogP contribution in [0.15, 0.2) is 42.5 Å². The minimum atomic E-state index is -0.955. The maximum Gasteiger partial charge on any atom is 0.335 e. The van der Waals surface area contributed by atoms with Crippen LogP contribution in [-0.2, 0) is 6.42 Å². The van der Waals surface area contributed by atoms with Gasteiger partial charge < -0.3 is 16.2 Å². The van der Waals surface area contributed by atoms with Gasteiger partial charge >= 0.3 is 5.97 Å². The van der Waals surface area contributed by atoms with E-state index in [2.05, 4.69) is 5.32 Å². The molecular formula is C15H15N3O4. The van der Waals surface area contributed by atoms with Crippen LogP contribution in [-0.4, -0.2) is 22.5 Å². The van der Waals surface area contributed by atoms with Crippen LogP contribution < -0.4 is 11.1 Å². The average molecular weight is 301 g/mol. The predicted molar refractivity (Wildman–Crippen MR) is 83.1 cm³/mol. The standard InChI is InChI=1S/C15H15N3O4/c16-13-9-12(18(21)22)5-6-14(13)17-8-7-10-1-3-11(4-2-10)15(19)20/h1-6,9,17H,7-8,16H2,(H,19,20). The lowest BCUT2D eigenvalue weighted by Gasteiger charge is -2.09. The minimum absolute atomic E-state index is 0.0488. The highest BCUT2D eigenvalue weighted by Crippen LogP contribution is 2.24. The van der Waals surface area contributed by atoms with E-state index in [4.69, 9.17) is 10.8 Å². The molecule has 0 aromatic heterocycles. The Bertz CT molecular complexity index is 698. The fourth-order valence-electron chi connectivity index (χ4n) is 1.98. The summed E-state index contributed by atoms with van der Waals surface area (Å²) >= 11 is 0. The molecule has 0 aliphatic carbocycles. The van der Waals surface area contributed by atoms with Crippen molar-refractivity contribution in [2.45, 2.75) is 6.42 Å². The van der Waals surface area contributed by atoms with Crippen molar-refractivity contribution in [3.63, 3.8) is 0 Å². The number of non-ortho nitro benzene ring substituents is 1. The molecule has 0 bridgehead atoms. The number of nitrogens with one attached hydrogen (secondary N) is 1. The Morgan fingerprint density at radius 1 is 1.23 bits per heavy atom. The Balaban J connectivity index is 1.93. The van der Waals surface area contributed by atoms with Crippen LogP contribution in [0.25, 0.3) is 0 Å². The van der Waals surface area contributed by atoms with Crippen LogP contribution in [0.3, 0.4) is 0 Å². The van der Waals surface area contributed by atoms with Gasteiger partial charge in [0.25, 0.3) is 5.69 Å². The van der Waals surface area contributed by atoms with E-state index in [0.717, 1.165) is 5.56 Å². The molecule has 7 heteroatoms. The highest BCUT2D eigenvalue weighted by molar-refractivity contribution is 5.87. The summed E-state index contributed by atoms with van der Waals surface area (Å²) in [7, 11) is 0. The molecular weight excluding hydrogens is 286 g/mol. The molecule has 0 fully saturated rings. The molecule has 0 amide bonds. The Hall–Kier alpha value is -3.09. The Kier molecular flexibility index (Phi) is 4.57. The summed E-state index contributed by atoms with van der Waals surface area (Å²) in [5.74, 6) is -0.955. The summed E-state index contributed by atoms with van der Waals surface area (Å²) in [4.78, 5) is 20.9. The summed E-state index contributed by atoms with van der Waals surface area (Å²) in [5, 5.41) is 22.5. The number of nitro benzene ring substituents is 1. The Labute approximate surface area is 126 Å². The maximum absolute atomic E-state index is 10.8. The molecule has 4 N–H and O–H groups in total. The van der Waals surface area contributed by atoms with Crippen molar-refractivity contribution in [1.29, 1.82) is 0 Å². The van der Waals surface area contributed by atoms with E-state index in [9.17, 15) is 14.9 Å². The number of nitrogen functional groups attached to an aromatic ring is 1. The van der Waals surface area contributed by atoms with E-state index in [1.165, 1.54) is 12.1 Å². The number of hydrogen-bond donors (Lipinski definition) is 3. The SMILES string of the molecule is Nc1cc([N+](=O)[O-])ccc1NCCc1ccc(C(=O)O)cc1. The van der Waals surface area contributed by atoms with Gasteiger partial charge in [0, 0.05) is 18.7 Å². The molecule has 0 heterocycles. The summed E-state index contributed by atoms with van der Waals surface area (Å²) in [6.45, 7) is 0.578. The van der Waals surface area contributed by atoms with E-state index < -0.39 is 10.9 Å². The second-order valence-electron chi connectivity index (χ2n) is 4.71. The number of nitrogens with zero attached hydrogens (tertiary/aromatic N) is 1. The largest absolute Gasteiger partial charge is 0.478 e. The molecule has 0 atom stereocenters. The summed E-state index contributed by atoms with van der Waals surface area (Å²) in [6, 6.07) is 10.9. The van der Waals surface area contributed by atoms with Gasteiger partial charge in [-0.05, 0) is 30.2 Å². The normalized spacial score (nSPS) is 10.2. The van der Waals surface area contributed by atoms with Crippen LogP contribution in [0.5, 0.6) is 0 Å². The van der Waals surface area contributed by atoms with E-state index >= 15 is 0 Å². The van der Waals surface area contributed by atoms with Crippen LogP contribution >= 0.6 is 0 Å². The predicted octanol–water partition coefficient (Wildman–Crippen LogP) is 2.53. The quantitative estimate of drug-likeness (QED) is 0.428. The number of aromatic carboxylic acids is 1. The van der Waals surface area contributed by atoms with Gasteiger partial charge in [-0.25, -0.2) is 4.79 Å². The molecule has 2 aromatic carbocycles. The molecule has 0 unspecified atom stereocenters. The zero-order valence-corrected chi connectivity index (χ0v) is 11.7. The molecule has 0 radical (unpaired) electrons. The average Bonchev–Trinajstić information content (AvgIpc) is 2.49. The minimum Gasteiger partial charge on any atom is -0.478 e. The topological polar surface area (TPSA) is 118 Å². The van der Waals surface area contributed by atoms with Gasteiger partial charge in [0.15, 0.2) is 0 Å². The van der Waals surface area contributed by atoms with Crippen LogP contribution in [0.1, 0.15) is 15.9 Å². The number of hydrogen-bond acceptors (Lipinski definition) is 5. The number of anilines is 2. The van der Waals surface area contributed by atoms with Gasteiger partial charge in [-0.2, -0.15) is 0 Å². The third-order valence-electron chi connectivity index (χ3n) is 3.18. The summed E-state index contributed by atoms with van der Waals surface area (Å²) in [5.41, 5.74) is 7.89. The van der Waals surface area contributed by atoms with Crippen LogP contribution in [0.4, 0.5) is 17.1 Å². The zero-order valence-electron chi connectivity index (χ0n) is 11.7. The van der Waals surface area contributed by atoms with Crippen LogP contribution in [0, 0.1) is 10.1 Å². The Morgan fingerprint density at radius 3 is 2.45 bits per heavy atom. The number of rotatable bonds is 6. The lowest BCUT2D eigenvalue weighted by Crippen LogP contribution is -2.07. The molecule has 0 aliphatic rings. The third kappa shape index (κ3) is 3.72. The fraction of sp³-hybridized carbons (Fsp3) is 0.133. The maximum atomic E-state index is 10.8. The van der Waals surface area contributed by atoms with Crippen molar-refractivity contribution in [2.24, 2.45) is 0 Å². The van der Waals surface area contributed by atoms with Gasteiger partial charge in [0.05, 0.1) is 21.9 Å². The second-order valence-corrected chi connectivity index (χ2v) is 4.71. The summed E-state index contributed by atoms with van der Waals surface area (Å²) in [6.07, 6.45) is 0.677. The first kappa shape index (κ1) is 15.3. The van der Waals surface area contributed by atoms with Gasteiger partial charge in [-0.15, -0.1) is 0 Å². The van der Waals surface area contributed by atoms with Crippen molar-refractivity contribution in [3.05, 3.63) is 63.7 Å². The highest BCUT2D eigenvalue weighted by Gasteiger charge is 2.08. The fourth-order valence-corrected chi connectivity index (χ4v) is 1.98. The number of carboxylic acids is 1. The number of benzene rings is 2. The first-order valence-corrected chi connectivity index (χ1v) is 6.57. The van der Waals surface area contributed by atoms with Crippen molar-refractivity contribution < 1.29 is 14.8 Å².